The molecule has 1 nitrogen and oxygen atoms in total. The third kappa shape index (κ3) is 1.76. The maximum Gasteiger partial charge on any atom is 0.246 e. The van der Waals surface area contributed by atoms with Gasteiger partial charge in [0.2, 0.25) is 6.43 Å². The Hall–Kier alpha value is -0.960. The van der Waals surface area contributed by atoms with Gasteiger partial charge in [-0.25, -0.2) is 8.78 Å². The molecule has 1 aliphatic carbocycles. The normalized spacial score (nSPS) is 18.1. The van der Waals surface area contributed by atoms with Crippen molar-refractivity contribution >= 4 is 0 Å². The van der Waals surface area contributed by atoms with Crippen molar-refractivity contribution in [3.63, 3.8) is 0 Å². The molecule has 82 valence electrons. The fraction of sp³-hybridized carbons (Fsp3) is 0.500. The molecule has 0 heterocycles. The van der Waals surface area contributed by atoms with Crippen molar-refractivity contribution in [2.24, 2.45) is 5.41 Å². The second-order valence-electron chi connectivity index (χ2n) is 4.32. The number of rotatable bonds is 3. The van der Waals surface area contributed by atoms with Gasteiger partial charge in [-0.3, -0.25) is 0 Å². The molecule has 1 aromatic rings. The topological polar surface area (TPSA) is 12.0 Å². The van der Waals surface area contributed by atoms with Crippen LogP contribution in [-0.2, 0) is 12.8 Å². The summed E-state index contributed by atoms with van der Waals surface area (Å²) in [7, 11) is 1.73. The largest absolute Gasteiger partial charge is 0.319 e. The molecule has 15 heavy (non-hydrogen) atoms. The average molecular weight is 211 g/mol. The highest BCUT2D eigenvalue weighted by molar-refractivity contribution is 5.34. The maximum atomic E-state index is 13.1. The van der Waals surface area contributed by atoms with Gasteiger partial charge in [-0.15, -0.1) is 0 Å². The predicted octanol–water partition coefficient (Wildman–Crippen LogP) is 2.26. The number of hydrogen-bond acceptors (Lipinski definition) is 1. The van der Waals surface area contributed by atoms with Crippen molar-refractivity contribution in [1.82, 2.24) is 5.32 Å². The Labute approximate surface area is 88.5 Å². The summed E-state index contributed by atoms with van der Waals surface area (Å²) in [5, 5.41) is 2.89. The minimum absolute atomic E-state index is 0.374. The van der Waals surface area contributed by atoms with Crippen molar-refractivity contribution in [3.8, 4) is 0 Å². The van der Waals surface area contributed by atoms with Gasteiger partial charge in [0.1, 0.15) is 0 Å². The van der Waals surface area contributed by atoms with E-state index in [1.54, 1.807) is 7.05 Å². The molecule has 0 bridgehead atoms. The van der Waals surface area contributed by atoms with Crippen LogP contribution in [0.5, 0.6) is 0 Å². The summed E-state index contributed by atoms with van der Waals surface area (Å²) < 4.78 is 26.2. The third-order valence-corrected chi connectivity index (χ3v) is 3.20. The minimum Gasteiger partial charge on any atom is -0.319 e. The Morgan fingerprint density at radius 1 is 1.27 bits per heavy atom. The lowest BCUT2D eigenvalue weighted by Gasteiger charge is -2.27. The van der Waals surface area contributed by atoms with Crippen molar-refractivity contribution in [2.45, 2.75) is 19.3 Å². The molecule has 0 unspecified atom stereocenters. The van der Waals surface area contributed by atoms with Gasteiger partial charge >= 0.3 is 0 Å². The van der Waals surface area contributed by atoms with Crippen LogP contribution in [0.15, 0.2) is 24.3 Å². The molecule has 0 amide bonds. The zero-order valence-corrected chi connectivity index (χ0v) is 8.76. The van der Waals surface area contributed by atoms with Gasteiger partial charge in [-0.2, -0.15) is 0 Å². The summed E-state index contributed by atoms with van der Waals surface area (Å²) in [6.07, 6.45) is -1.29. The number of alkyl halides is 2. The fourth-order valence-corrected chi connectivity index (χ4v) is 2.43. The highest BCUT2D eigenvalue weighted by Crippen LogP contribution is 2.41. The summed E-state index contributed by atoms with van der Waals surface area (Å²) in [4.78, 5) is 0. The zero-order valence-electron chi connectivity index (χ0n) is 8.76. The van der Waals surface area contributed by atoms with E-state index >= 15 is 0 Å². The second kappa shape index (κ2) is 3.89. The monoisotopic (exact) mass is 211 g/mol. The standard InChI is InChI=1S/C12H15F2N/c1-15-8-12(11(13)14)6-9-4-2-3-5-10(9)7-12/h2-5,11,15H,6-8H2,1H3. The van der Waals surface area contributed by atoms with E-state index in [2.05, 4.69) is 5.32 Å². The van der Waals surface area contributed by atoms with Crippen molar-refractivity contribution in [1.29, 1.82) is 0 Å². The lowest BCUT2D eigenvalue weighted by atomic mass is 9.85. The van der Waals surface area contributed by atoms with E-state index in [9.17, 15) is 8.78 Å². The van der Waals surface area contributed by atoms with Gasteiger partial charge < -0.3 is 5.32 Å². The molecule has 1 aliphatic rings. The van der Waals surface area contributed by atoms with E-state index in [1.165, 1.54) is 0 Å². The number of benzene rings is 1. The Kier molecular flexibility index (Phi) is 2.74. The van der Waals surface area contributed by atoms with Crippen LogP contribution >= 0.6 is 0 Å². The quantitative estimate of drug-likeness (QED) is 0.808. The van der Waals surface area contributed by atoms with Crippen LogP contribution in [-0.4, -0.2) is 20.0 Å². The maximum absolute atomic E-state index is 13.1. The molecule has 1 N–H and O–H groups in total. The zero-order chi connectivity index (χ0) is 10.9. The third-order valence-electron chi connectivity index (χ3n) is 3.20. The summed E-state index contributed by atoms with van der Waals surface area (Å²) in [6, 6.07) is 7.74. The van der Waals surface area contributed by atoms with Crippen LogP contribution in [0.2, 0.25) is 0 Å². The van der Waals surface area contributed by atoms with Crippen LogP contribution in [0.3, 0.4) is 0 Å². The minimum atomic E-state index is -2.27. The fourth-order valence-electron chi connectivity index (χ4n) is 2.43. The highest BCUT2D eigenvalue weighted by Gasteiger charge is 2.44. The van der Waals surface area contributed by atoms with E-state index in [0.717, 1.165) is 11.1 Å². The Balaban J connectivity index is 2.28. The number of hydrogen-bond donors (Lipinski definition) is 1. The van der Waals surface area contributed by atoms with E-state index in [1.807, 2.05) is 24.3 Å². The molecule has 0 fully saturated rings. The summed E-state index contributed by atoms with van der Waals surface area (Å²) in [5.41, 5.74) is 1.26. The Morgan fingerprint density at radius 2 is 1.80 bits per heavy atom. The molecule has 0 spiro atoms. The number of fused-ring (bicyclic) bond motifs is 1. The van der Waals surface area contributed by atoms with Crippen LogP contribution in [0, 0.1) is 5.41 Å². The van der Waals surface area contributed by atoms with E-state index in [4.69, 9.17) is 0 Å². The van der Waals surface area contributed by atoms with Crippen LogP contribution in [0.1, 0.15) is 11.1 Å². The van der Waals surface area contributed by atoms with Crippen molar-refractivity contribution < 1.29 is 8.78 Å². The molecular formula is C12H15F2N. The average Bonchev–Trinajstić information content (AvgIpc) is 2.57. The Morgan fingerprint density at radius 3 is 2.20 bits per heavy atom. The van der Waals surface area contributed by atoms with Gasteiger partial charge in [-0.05, 0) is 31.0 Å². The molecule has 0 radical (unpaired) electrons. The highest BCUT2D eigenvalue weighted by atomic mass is 19.3. The predicted molar refractivity (Wildman–Crippen MR) is 56.2 cm³/mol. The van der Waals surface area contributed by atoms with Gasteiger partial charge in [0, 0.05) is 6.54 Å². The van der Waals surface area contributed by atoms with Gasteiger partial charge in [-0.1, -0.05) is 24.3 Å². The number of halogens is 2. The van der Waals surface area contributed by atoms with Crippen LogP contribution < -0.4 is 5.32 Å². The summed E-state index contributed by atoms with van der Waals surface area (Å²) >= 11 is 0. The first-order valence-electron chi connectivity index (χ1n) is 5.17. The van der Waals surface area contributed by atoms with Crippen molar-refractivity contribution in [2.75, 3.05) is 13.6 Å². The first kappa shape index (κ1) is 10.6. The molecule has 0 atom stereocenters. The first-order chi connectivity index (χ1) is 7.18. The molecule has 0 aromatic heterocycles. The van der Waals surface area contributed by atoms with E-state index in [0.29, 0.717) is 19.4 Å². The molecule has 0 saturated heterocycles. The first-order valence-corrected chi connectivity index (χ1v) is 5.17. The summed E-state index contributed by atoms with van der Waals surface area (Å²) in [6.45, 7) is 0.374. The molecule has 2 rings (SSSR count). The van der Waals surface area contributed by atoms with E-state index < -0.39 is 11.8 Å². The van der Waals surface area contributed by atoms with E-state index in [-0.39, 0.29) is 0 Å². The van der Waals surface area contributed by atoms with Crippen LogP contribution in [0.25, 0.3) is 0 Å². The second-order valence-corrected chi connectivity index (χ2v) is 4.32. The van der Waals surface area contributed by atoms with Gasteiger partial charge in [0.15, 0.2) is 0 Å². The van der Waals surface area contributed by atoms with Crippen molar-refractivity contribution in [3.05, 3.63) is 35.4 Å². The lowest BCUT2D eigenvalue weighted by molar-refractivity contribution is 0.00276. The van der Waals surface area contributed by atoms with Gasteiger partial charge in [0.05, 0.1) is 5.41 Å². The van der Waals surface area contributed by atoms with Crippen LogP contribution in [0.4, 0.5) is 8.78 Å². The Bertz CT molecular complexity index is 324. The molecule has 3 heteroatoms. The molecular weight excluding hydrogens is 196 g/mol. The molecule has 0 saturated carbocycles. The molecule has 1 aromatic carbocycles. The lowest BCUT2D eigenvalue weighted by Crippen LogP contribution is -2.39. The van der Waals surface area contributed by atoms with Gasteiger partial charge in [0.25, 0.3) is 0 Å². The SMILES string of the molecule is CNCC1(C(F)F)Cc2ccccc2C1. The smallest absolute Gasteiger partial charge is 0.246 e. The number of nitrogens with one attached hydrogen (secondary N) is 1. The molecule has 0 aliphatic heterocycles. The summed E-state index contributed by atoms with van der Waals surface area (Å²) in [5.74, 6) is 0.